The normalized spacial score (nSPS) is 12.7. The fraction of sp³-hybridized carbons (Fsp3) is 0. The lowest BCUT2D eigenvalue weighted by atomic mass is 10.0. The number of hydrogen-bond acceptors (Lipinski definition) is 3. The highest BCUT2D eigenvalue weighted by atomic mass is 32.1. The molecule has 1 aliphatic rings. The molecule has 11 rings (SSSR count). The summed E-state index contributed by atoms with van der Waals surface area (Å²) in [5.41, 5.74) is 9.84. The van der Waals surface area contributed by atoms with E-state index in [1.807, 2.05) is 22.7 Å². The van der Waals surface area contributed by atoms with Crippen LogP contribution in [0.15, 0.2) is 146 Å². The zero-order valence-corrected chi connectivity index (χ0v) is 26.2. The van der Waals surface area contributed by atoms with Crippen molar-refractivity contribution < 1.29 is 0 Å². The SMILES string of the molecule is c1ccc2c(c1)N(c1cccc3c1sc1ccccc13)c1cccc3c4cc(-c5ccc6sc7ccccc7c6c5)ccc4n-2c13. The summed E-state index contributed by atoms with van der Waals surface area (Å²) in [6.07, 6.45) is 0. The van der Waals surface area contributed by atoms with Crippen molar-refractivity contribution in [1.29, 1.82) is 0 Å². The lowest BCUT2D eigenvalue weighted by molar-refractivity contribution is 1.12. The van der Waals surface area contributed by atoms with E-state index in [9.17, 15) is 0 Å². The van der Waals surface area contributed by atoms with Gasteiger partial charge in [0.05, 0.1) is 38.5 Å². The minimum Gasteiger partial charge on any atom is -0.305 e. The van der Waals surface area contributed by atoms with E-state index in [1.165, 1.54) is 96.0 Å². The minimum atomic E-state index is 1.20. The van der Waals surface area contributed by atoms with Crippen LogP contribution in [-0.4, -0.2) is 4.57 Å². The van der Waals surface area contributed by atoms with Crippen LogP contribution in [0.25, 0.3) is 79.0 Å². The zero-order valence-electron chi connectivity index (χ0n) is 24.6. The molecule has 0 unspecified atom stereocenters. The average Bonchev–Trinajstić information content (AvgIpc) is 3.79. The van der Waals surface area contributed by atoms with Crippen molar-refractivity contribution in [2.24, 2.45) is 0 Å². The predicted molar refractivity (Wildman–Crippen MR) is 200 cm³/mol. The number of para-hydroxylation sites is 3. The van der Waals surface area contributed by atoms with Crippen LogP contribution in [0.1, 0.15) is 0 Å². The molecule has 1 aliphatic heterocycles. The summed E-state index contributed by atoms with van der Waals surface area (Å²) in [4.78, 5) is 2.49. The van der Waals surface area contributed by atoms with Gasteiger partial charge in [0.2, 0.25) is 0 Å². The van der Waals surface area contributed by atoms with Crippen molar-refractivity contribution in [3.8, 4) is 16.8 Å². The van der Waals surface area contributed by atoms with Crippen molar-refractivity contribution in [3.05, 3.63) is 146 Å². The third-order valence-corrected chi connectivity index (χ3v) is 12.1. The maximum Gasteiger partial charge on any atom is 0.0783 e. The van der Waals surface area contributed by atoms with Crippen LogP contribution < -0.4 is 4.90 Å². The van der Waals surface area contributed by atoms with Gasteiger partial charge in [-0.2, -0.15) is 0 Å². The highest BCUT2D eigenvalue weighted by Crippen LogP contribution is 2.52. The predicted octanol–water partition coefficient (Wildman–Crippen LogP) is 13.0. The summed E-state index contributed by atoms with van der Waals surface area (Å²) in [6.45, 7) is 0. The molecule has 0 atom stereocenters. The minimum absolute atomic E-state index is 1.20. The van der Waals surface area contributed by atoms with Gasteiger partial charge in [0.25, 0.3) is 0 Å². The van der Waals surface area contributed by atoms with Gasteiger partial charge in [0.15, 0.2) is 0 Å². The van der Waals surface area contributed by atoms with Gasteiger partial charge in [-0.05, 0) is 71.8 Å². The Bertz CT molecular complexity index is 2880. The van der Waals surface area contributed by atoms with Crippen LogP contribution in [0.2, 0.25) is 0 Å². The molecule has 7 aromatic carbocycles. The van der Waals surface area contributed by atoms with Crippen LogP contribution in [0.5, 0.6) is 0 Å². The van der Waals surface area contributed by atoms with E-state index in [2.05, 4.69) is 155 Å². The molecule has 4 heteroatoms. The smallest absolute Gasteiger partial charge is 0.0783 e. The number of rotatable bonds is 2. The largest absolute Gasteiger partial charge is 0.305 e. The number of anilines is 3. The number of thiophene rings is 2. The second-order valence-corrected chi connectivity index (χ2v) is 14.3. The highest BCUT2D eigenvalue weighted by Gasteiger charge is 2.29. The third kappa shape index (κ3) is 3.24. The second kappa shape index (κ2) is 9.07. The summed E-state index contributed by atoms with van der Waals surface area (Å²) >= 11 is 3.76. The second-order valence-electron chi connectivity index (χ2n) is 12.1. The standard InChI is InChI=1S/C42H24N2S2/c1-6-18-39-27(9-1)30-12-8-16-37(42(30)46-39)43-34-13-3-4-14-35(34)44-33-21-19-25(23-31(33)29-11-7-15-36(43)41(29)44)26-20-22-40-32(24-26)28-10-2-5-17-38(28)45-40/h1-24H. The molecule has 0 aliphatic carbocycles. The Hall–Kier alpha value is -5.42. The van der Waals surface area contributed by atoms with E-state index >= 15 is 0 Å². The number of nitrogens with zero attached hydrogens (tertiary/aromatic N) is 2. The fourth-order valence-electron chi connectivity index (χ4n) is 7.71. The van der Waals surface area contributed by atoms with E-state index in [-0.39, 0.29) is 0 Å². The van der Waals surface area contributed by atoms with Gasteiger partial charge in [0, 0.05) is 46.4 Å². The Kier molecular flexibility index (Phi) is 4.90. The van der Waals surface area contributed by atoms with Crippen LogP contribution in [0, 0.1) is 0 Å². The summed E-state index contributed by atoms with van der Waals surface area (Å²) in [7, 11) is 0. The fourth-order valence-corrected chi connectivity index (χ4v) is 10.00. The van der Waals surface area contributed by atoms with Gasteiger partial charge in [-0.15, -0.1) is 22.7 Å². The van der Waals surface area contributed by atoms with E-state index in [0.717, 1.165) is 0 Å². The van der Waals surface area contributed by atoms with Crippen molar-refractivity contribution in [1.82, 2.24) is 4.57 Å². The molecule has 2 nitrogen and oxygen atoms in total. The van der Waals surface area contributed by atoms with E-state index in [0.29, 0.717) is 0 Å². The van der Waals surface area contributed by atoms with E-state index < -0.39 is 0 Å². The molecular formula is C42H24N2S2. The number of fused-ring (bicyclic) bond motifs is 11. The molecule has 0 bridgehead atoms. The molecule has 46 heavy (non-hydrogen) atoms. The molecule has 0 amide bonds. The maximum atomic E-state index is 2.49. The van der Waals surface area contributed by atoms with Gasteiger partial charge >= 0.3 is 0 Å². The highest BCUT2D eigenvalue weighted by molar-refractivity contribution is 7.26. The molecule has 4 heterocycles. The average molecular weight is 621 g/mol. The molecule has 214 valence electrons. The monoisotopic (exact) mass is 620 g/mol. The Morgan fingerprint density at radius 3 is 1.80 bits per heavy atom. The molecule has 0 spiro atoms. The lowest BCUT2D eigenvalue weighted by Crippen LogP contribution is -2.18. The number of benzene rings is 7. The quantitative estimate of drug-likeness (QED) is 0.187. The van der Waals surface area contributed by atoms with Crippen LogP contribution in [0.4, 0.5) is 17.1 Å². The van der Waals surface area contributed by atoms with Crippen LogP contribution in [-0.2, 0) is 0 Å². The Morgan fingerprint density at radius 1 is 0.370 bits per heavy atom. The number of hydrogen-bond donors (Lipinski definition) is 0. The summed E-state index contributed by atoms with van der Waals surface area (Å²) < 4.78 is 7.80. The molecule has 0 fully saturated rings. The van der Waals surface area contributed by atoms with Crippen LogP contribution in [0.3, 0.4) is 0 Å². The van der Waals surface area contributed by atoms with Crippen molar-refractivity contribution >= 4 is 102 Å². The van der Waals surface area contributed by atoms with Crippen molar-refractivity contribution in [2.75, 3.05) is 4.90 Å². The van der Waals surface area contributed by atoms with Gasteiger partial charge in [-0.1, -0.05) is 84.9 Å². The first-order chi connectivity index (χ1) is 22.8. The van der Waals surface area contributed by atoms with E-state index in [4.69, 9.17) is 0 Å². The molecule has 0 saturated carbocycles. The van der Waals surface area contributed by atoms with Crippen molar-refractivity contribution in [3.63, 3.8) is 0 Å². The zero-order chi connectivity index (χ0) is 29.9. The van der Waals surface area contributed by atoms with Gasteiger partial charge in [-0.25, -0.2) is 0 Å². The molecular weight excluding hydrogens is 597 g/mol. The van der Waals surface area contributed by atoms with Crippen molar-refractivity contribution in [2.45, 2.75) is 0 Å². The van der Waals surface area contributed by atoms with Crippen LogP contribution >= 0.6 is 22.7 Å². The maximum absolute atomic E-state index is 2.49. The summed E-state index contributed by atoms with van der Waals surface area (Å²) in [5, 5.41) is 7.86. The number of aromatic nitrogens is 1. The summed E-state index contributed by atoms with van der Waals surface area (Å²) in [6, 6.07) is 53.9. The first-order valence-electron chi connectivity index (χ1n) is 15.6. The molecule has 0 radical (unpaired) electrons. The Balaban J connectivity index is 1.18. The first kappa shape index (κ1) is 24.8. The Labute approximate surface area is 272 Å². The van der Waals surface area contributed by atoms with Gasteiger partial charge in [-0.3, -0.25) is 0 Å². The Morgan fingerprint density at radius 2 is 0.957 bits per heavy atom. The van der Waals surface area contributed by atoms with Gasteiger partial charge < -0.3 is 9.47 Å². The first-order valence-corrected chi connectivity index (χ1v) is 17.2. The lowest BCUT2D eigenvalue weighted by Gasteiger charge is -2.33. The van der Waals surface area contributed by atoms with E-state index in [1.54, 1.807) is 0 Å². The summed E-state index contributed by atoms with van der Waals surface area (Å²) in [5.74, 6) is 0. The topological polar surface area (TPSA) is 8.17 Å². The molecule has 0 N–H and O–H groups in total. The van der Waals surface area contributed by atoms with Gasteiger partial charge in [0.1, 0.15) is 0 Å². The molecule has 0 saturated heterocycles. The third-order valence-electron chi connectivity index (χ3n) is 9.70. The molecule has 10 aromatic rings. The molecule has 3 aromatic heterocycles.